The topological polar surface area (TPSA) is 72.3 Å². The summed E-state index contributed by atoms with van der Waals surface area (Å²) < 4.78 is 7.61. The van der Waals surface area contributed by atoms with Crippen LogP contribution in [0.4, 0.5) is 4.79 Å². The predicted molar refractivity (Wildman–Crippen MR) is 101 cm³/mol. The number of rotatable bonds is 3. The first-order valence-electron chi connectivity index (χ1n) is 8.91. The number of aromatic nitrogens is 3. The zero-order valence-electron chi connectivity index (χ0n) is 15.1. The molecule has 0 fully saturated rings. The number of hydrogen-bond donors (Lipinski definition) is 1. The Kier molecular flexibility index (Phi) is 4.74. The van der Waals surface area contributed by atoms with Crippen LogP contribution in [-0.4, -0.2) is 38.3 Å². The number of carbonyl (C=O) groups excluding carboxylic acids is 1. The van der Waals surface area contributed by atoms with Crippen LogP contribution in [0.3, 0.4) is 0 Å². The quantitative estimate of drug-likeness (QED) is 0.777. The van der Waals surface area contributed by atoms with Crippen LogP contribution in [0.2, 0.25) is 0 Å². The maximum Gasteiger partial charge on any atom is 0.318 e. The average molecular weight is 363 g/mol. The van der Waals surface area contributed by atoms with Crippen LogP contribution in [0, 0.1) is 0 Å². The van der Waals surface area contributed by atoms with Crippen molar-refractivity contribution in [1.29, 1.82) is 0 Å². The van der Waals surface area contributed by atoms with Crippen LogP contribution in [0.25, 0.3) is 5.82 Å². The Morgan fingerprint density at radius 3 is 3.00 bits per heavy atom. The normalized spacial score (nSPS) is 16.2. The molecule has 3 heterocycles. The Hall–Kier alpha value is -3.35. The molecule has 3 aromatic rings. The largest absolute Gasteiger partial charge is 0.489 e. The highest BCUT2D eigenvalue weighted by Gasteiger charge is 2.23. The van der Waals surface area contributed by atoms with Crippen molar-refractivity contribution in [2.45, 2.75) is 26.1 Å². The summed E-state index contributed by atoms with van der Waals surface area (Å²) >= 11 is 0. The molecule has 1 atom stereocenters. The Morgan fingerprint density at radius 2 is 2.15 bits per heavy atom. The lowest BCUT2D eigenvalue weighted by Crippen LogP contribution is -2.42. The van der Waals surface area contributed by atoms with Gasteiger partial charge in [-0.1, -0.05) is 18.2 Å². The number of carbonyl (C=O) groups is 1. The van der Waals surface area contributed by atoms with Crippen LogP contribution >= 0.6 is 0 Å². The molecule has 0 bridgehead atoms. The molecule has 4 rings (SSSR count). The van der Waals surface area contributed by atoms with Gasteiger partial charge in [0.15, 0.2) is 5.82 Å². The minimum Gasteiger partial charge on any atom is -0.489 e. The highest BCUT2D eigenvalue weighted by molar-refractivity contribution is 5.74. The van der Waals surface area contributed by atoms with Crippen molar-refractivity contribution in [2.24, 2.45) is 0 Å². The Labute approximate surface area is 157 Å². The fourth-order valence-corrected chi connectivity index (χ4v) is 3.13. The summed E-state index contributed by atoms with van der Waals surface area (Å²) in [7, 11) is 0. The summed E-state index contributed by atoms with van der Waals surface area (Å²) in [4.78, 5) is 18.8. The molecule has 0 saturated heterocycles. The number of benzene rings is 1. The van der Waals surface area contributed by atoms with Gasteiger partial charge in [0.2, 0.25) is 0 Å². The van der Waals surface area contributed by atoms with Crippen molar-refractivity contribution in [3.8, 4) is 11.6 Å². The summed E-state index contributed by atoms with van der Waals surface area (Å²) in [5, 5.41) is 7.18. The van der Waals surface area contributed by atoms with Crippen molar-refractivity contribution in [1.82, 2.24) is 25.0 Å². The Morgan fingerprint density at radius 1 is 1.26 bits per heavy atom. The standard InChI is InChI=1S/C20H21N5O2/c1-15-13-24(14-17-5-2-3-6-18(17)27-15)20(26)22-12-16-7-9-21-19(11-16)25-10-4-8-23-25/h2-11,15H,12-14H2,1H3,(H,22,26). The molecule has 7 heteroatoms. The van der Waals surface area contributed by atoms with Crippen molar-refractivity contribution in [2.75, 3.05) is 6.54 Å². The number of amides is 2. The van der Waals surface area contributed by atoms with Crippen LogP contribution in [0.1, 0.15) is 18.1 Å². The van der Waals surface area contributed by atoms with E-state index in [1.54, 1.807) is 22.0 Å². The number of nitrogens with zero attached hydrogens (tertiary/aromatic N) is 4. The van der Waals surface area contributed by atoms with Crippen molar-refractivity contribution < 1.29 is 9.53 Å². The summed E-state index contributed by atoms with van der Waals surface area (Å²) in [5.41, 5.74) is 1.98. The lowest BCUT2D eigenvalue weighted by atomic mass is 10.2. The predicted octanol–water partition coefficient (Wildman–Crippen LogP) is 2.76. The number of hydrogen-bond acceptors (Lipinski definition) is 4. The van der Waals surface area contributed by atoms with Gasteiger partial charge in [-0.2, -0.15) is 5.10 Å². The third-order valence-corrected chi connectivity index (χ3v) is 4.42. The van der Waals surface area contributed by atoms with Gasteiger partial charge in [0.1, 0.15) is 11.9 Å². The third kappa shape index (κ3) is 3.92. The number of nitrogens with one attached hydrogen (secondary N) is 1. The average Bonchev–Trinajstić information content (AvgIpc) is 3.16. The van der Waals surface area contributed by atoms with E-state index in [2.05, 4.69) is 15.4 Å². The number of ether oxygens (including phenoxy) is 1. The molecule has 1 N–H and O–H groups in total. The summed E-state index contributed by atoms with van der Waals surface area (Å²) in [6.45, 7) is 3.46. The molecular weight excluding hydrogens is 342 g/mol. The molecule has 2 aromatic heterocycles. The van der Waals surface area contributed by atoms with Crippen LogP contribution in [0.5, 0.6) is 5.75 Å². The maximum absolute atomic E-state index is 12.7. The fraction of sp³-hybridized carbons (Fsp3) is 0.250. The van der Waals surface area contributed by atoms with Crippen LogP contribution in [-0.2, 0) is 13.1 Å². The summed E-state index contributed by atoms with van der Waals surface area (Å²) in [6, 6.07) is 13.4. The van der Waals surface area contributed by atoms with Crippen molar-refractivity contribution in [3.05, 3.63) is 72.2 Å². The first-order chi connectivity index (χ1) is 13.2. The number of pyridine rings is 1. The third-order valence-electron chi connectivity index (χ3n) is 4.42. The van der Waals surface area contributed by atoms with Gasteiger partial charge in [-0.25, -0.2) is 14.5 Å². The molecule has 7 nitrogen and oxygen atoms in total. The lowest BCUT2D eigenvalue weighted by molar-refractivity contribution is 0.158. The molecule has 0 aliphatic carbocycles. The van der Waals surface area contributed by atoms with Crippen LogP contribution < -0.4 is 10.1 Å². The van der Waals surface area contributed by atoms with E-state index >= 15 is 0 Å². The van der Waals surface area contributed by atoms with E-state index in [9.17, 15) is 4.79 Å². The number of urea groups is 1. The second-order valence-electron chi connectivity index (χ2n) is 6.55. The van der Waals surface area contributed by atoms with Gasteiger partial charge in [0, 0.05) is 30.7 Å². The first kappa shape index (κ1) is 17.1. The van der Waals surface area contributed by atoms with Gasteiger partial charge >= 0.3 is 6.03 Å². The van der Waals surface area contributed by atoms with E-state index < -0.39 is 0 Å². The van der Waals surface area contributed by atoms with E-state index in [1.165, 1.54) is 0 Å². The molecule has 0 spiro atoms. The van der Waals surface area contributed by atoms with E-state index in [0.29, 0.717) is 19.6 Å². The second kappa shape index (κ2) is 7.49. The summed E-state index contributed by atoms with van der Waals surface area (Å²) in [5.74, 6) is 1.57. The molecule has 138 valence electrons. The highest BCUT2D eigenvalue weighted by atomic mass is 16.5. The minimum absolute atomic E-state index is 0.0632. The molecule has 1 aliphatic rings. The molecule has 1 aromatic carbocycles. The van der Waals surface area contributed by atoms with E-state index in [4.69, 9.17) is 4.74 Å². The van der Waals surface area contributed by atoms with Gasteiger partial charge in [0.25, 0.3) is 0 Å². The smallest absolute Gasteiger partial charge is 0.318 e. The molecule has 1 unspecified atom stereocenters. The van der Waals surface area contributed by atoms with Gasteiger partial charge < -0.3 is 15.0 Å². The second-order valence-corrected chi connectivity index (χ2v) is 6.55. The molecular formula is C20H21N5O2. The first-order valence-corrected chi connectivity index (χ1v) is 8.91. The molecule has 0 radical (unpaired) electrons. The van der Waals surface area contributed by atoms with Crippen molar-refractivity contribution >= 4 is 6.03 Å². The number of para-hydroxylation sites is 1. The summed E-state index contributed by atoms with van der Waals surface area (Å²) in [6.07, 6.45) is 5.19. The fourth-order valence-electron chi connectivity index (χ4n) is 3.13. The van der Waals surface area contributed by atoms with Gasteiger partial charge in [-0.3, -0.25) is 0 Å². The molecule has 27 heavy (non-hydrogen) atoms. The molecule has 0 saturated carbocycles. The van der Waals surface area contributed by atoms with Gasteiger partial charge in [-0.15, -0.1) is 0 Å². The SMILES string of the molecule is CC1CN(C(=O)NCc2ccnc(-n3cccn3)c2)Cc2ccccc2O1. The van der Waals surface area contributed by atoms with Gasteiger partial charge in [0.05, 0.1) is 13.1 Å². The van der Waals surface area contributed by atoms with E-state index in [0.717, 1.165) is 22.7 Å². The maximum atomic E-state index is 12.7. The monoisotopic (exact) mass is 363 g/mol. The number of fused-ring (bicyclic) bond motifs is 1. The molecule has 2 amide bonds. The van der Waals surface area contributed by atoms with Crippen molar-refractivity contribution in [3.63, 3.8) is 0 Å². The zero-order valence-corrected chi connectivity index (χ0v) is 15.1. The Bertz CT molecular complexity index is 926. The molecule has 1 aliphatic heterocycles. The van der Waals surface area contributed by atoms with Gasteiger partial charge in [-0.05, 0) is 36.8 Å². The van der Waals surface area contributed by atoms with E-state index in [1.807, 2.05) is 55.6 Å². The Balaban J connectivity index is 1.43. The highest BCUT2D eigenvalue weighted by Crippen LogP contribution is 2.24. The lowest BCUT2D eigenvalue weighted by Gasteiger charge is -2.22. The minimum atomic E-state index is -0.111. The van der Waals surface area contributed by atoms with E-state index in [-0.39, 0.29) is 12.1 Å². The van der Waals surface area contributed by atoms with Crippen LogP contribution in [0.15, 0.2) is 61.1 Å². The zero-order chi connectivity index (χ0) is 18.6.